The van der Waals surface area contributed by atoms with Gasteiger partial charge in [-0.1, -0.05) is 6.07 Å². The van der Waals surface area contributed by atoms with Crippen molar-refractivity contribution in [2.45, 2.75) is 26.5 Å². The molecule has 1 aromatic heterocycles. The predicted molar refractivity (Wildman–Crippen MR) is 76.1 cm³/mol. The van der Waals surface area contributed by atoms with Crippen molar-refractivity contribution < 1.29 is 4.74 Å². The molecule has 0 amide bonds. The van der Waals surface area contributed by atoms with Gasteiger partial charge in [-0.05, 0) is 26.0 Å². The molecule has 18 heavy (non-hydrogen) atoms. The highest BCUT2D eigenvalue weighted by molar-refractivity contribution is 7.09. The van der Waals surface area contributed by atoms with E-state index in [1.807, 2.05) is 37.4 Å². The van der Waals surface area contributed by atoms with Crippen LogP contribution in [-0.2, 0) is 6.54 Å². The Balaban J connectivity index is 2.08. The zero-order valence-electron chi connectivity index (χ0n) is 10.5. The Morgan fingerprint density at radius 1 is 1.44 bits per heavy atom. The monoisotopic (exact) mass is 263 g/mol. The lowest BCUT2D eigenvalue weighted by Crippen LogP contribution is -2.09. The lowest BCUT2D eigenvalue weighted by atomic mass is 10.2. The van der Waals surface area contributed by atoms with Gasteiger partial charge in [0.25, 0.3) is 0 Å². The number of thiazole rings is 1. The first kappa shape index (κ1) is 12.7. The Hall–Kier alpha value is -1.75. The highest BCUT2D eigenvalue weighted by Gasteiger charge is 2.07. The summed E-state index contributed by atoms with van der Waals surface area (Å²) >= 11 is 1.62. The van der Waals surface area contributed by atoms with E-state index in [0.717, 1.165) is 10.7 Å². The topological polar surface area (TPSA) is 60.2 Å². The van der Waals surface area contributed by atoms with Gasteiger partial charge < -0.3 is 15.8 Å². The van der Waals surface area contributed by atoms with Crippen molar-refractivity contribution in [1.29, 1.82) is 0 Å². The maximum absolute atomic E-state index is 6.07. The van der Waals surface area contributed by atoms with Gasteiger partial charge in [-0.3, -0.25) is 0 Å². The van der Waals surface area contributed by atoms with E-state index in [1.54, 1.807) is 17.5 Å². The molecule has 0 unspecified atom stereocenters. The molecule has 5 heteroatoms. The first-order valence-electron chi connectivity index (χ1n) is 5.84. The normalized spacial score (nSPS) is 10.6. The second-order valence-electron chi connectivity index (χ2n) is 4.16. The van der Waals surface area contributed by atoms with Crippen molar-refractivity contribution in [3.63, 3.8) is 0 Å². The number of aromatic nitrogens is 1. The van der Waals surface area contributed by atoms with Gasteiger partial charge in [0.15, 0.2) is 0 Å². The van der Waals surface area contributed by atoms with Gasteiger partial charge in [-0.25, -0.2) is 4.98 Å². The van der Waals surface area contributed by atoms with E-state index in [4.69, 9.17) is 10.5 Å². The molecule has 0 aliphatic carbocycles. The zero-order chi connectivity index (χ0) is 13.0. The number of benzene rings is 1. The van der Waals surface area contributed by atoms with Gasteiger partial charge in [0.05, 0.1) is 24.0 Å². The Labute approximate surface area is 111 Å². The van der Waals surface area contributed by atoms with E-state index in [2.05, 4.69) is 10.3 Å². The van der Waals surface area contributed by atoms with E-state index in [0.29, 0.717) is 18.0 Å². The molecule has 96 valence electrons. The molecule has 0 aliphatic rings. The van der Waals surface area contributed by atoms with Crippen LogP contribution in [0.25, 0.3) is 0 Å². The number of anilines is 2. The molecular weight excluding hydrogens is 246 g/mol. The minimum atomic E-state index is 0.113. The van der Waals surface area contributed by atoms with Crippen molar-refractivity contribution in [2.24, 2.45) is 0 Å². The highest BCUT2D eigenvalue weighted by atomic mass is 32.1. The van der Waals surface area contributed by atoms with Crippen LogP contribution < -0.4 is 15.8 Å². The van der Waals surface area contributed by atoms with Crippen LogP contribution in [0.1, 0.15) is 18.9 Å². The second-order valence-corrected chi connectivity index (χ2v) is 5.14. The van der Waals surface area contributed by atoms with Gasteiger partial charge in [0.1, 0.15) is 10.8 Å². The molecule has 4 nitrogen and oxygen atoms in total. The lowest BCUT2D eigenvalue weighted by molar-refractivity contribution is 0.244. The van der Waals surface area contributed by atoms with Crippen molar-refractivity contribution in [3.05, 3.63) is 34.8 Å². The minimum Gasteiger partial charge on any atom is -0.489 e. The average Bonchev–Trinajstić information content (AvgIpc) is 2.83. The fraction of sp³-hybridized carbons (Fsp3) is 0.308. The smallest absolute Gasteiger partial charge is 0.144 e. The maximum atomic E-state index is 6.07. The molecule has 0 aliphatic heterocycles. The molecule has 1 aromatic carbocycles. The van der Waals surface area contributed by atoms with Crippen LogP contribution in [0.3, 0.4) is 0 Å². The number of nitrogen functional groups attached to an aromatic ring is 1. The van der Waals surface area contributed by atoms with E-state index >= 15 is 0 Å². The summed E-state index contributed by atoms with van der Waals surface area (Å²) in [4.78, 5) is 4.22. The summed E-state index contributed by atoms with van der Waals surface area (Å²) in [5.74, 6) is 0.717. The van der Waals surface area contributed by atoms with Crippen LogP contribution in [0.15, 0.2) is 29.8 Å². The van der Waals surface area contributed by atoms with Crippen LogP contribution in [0.4, 0.5) is 11.4 Å². The highest BCUT2D eigenvalue weighted by Crippen LogP contribution is 2.30. The quantitative estimate of drug-likeness (QED) is 0.814. The van der Waals surface area contributed by atoms with Crippen LogP contribution in [0.5, 0.6) is 5.75 Å². The Morgan fingerprint density at radius 2 is 2.28 bits per heavy atom. The fourth-order valence-corrected chi connectivity index (χ4v) is 2.12. The maximum Gasteiger partial charge on any atom is 0.144 e. The average molecular weight is 263 g/mol. The molecule has 0 spiro atoms. The van der Waals surface area contributed by atoms with Gasteiger partial charge in [0, 0.05) is 11.6 Å². The van der Waals surface area contributed by atoms with Crippen LogP contribution in [0.2, 0.25) is 0 Å². The standard InChI is InChI=1S/C13H17N3OS/c1-9(2)17-11-5-3-4-10(13(11)14)16-8-12-15-6-7-18-12/h3-7,9,16H,8,14H2,1-2H3. The van der Waals surface area contributed by atoms with Crippen LogP contribution in [0, 0.1) is 0 Å². The third-order valence-electron chi connectivity index (χ3n) is 2.34. The van der Waals surface area contributed by atoms with Gasteiger partial charge in [-0.15, -0.1) is 11.3 Å². The van der Waals surface area contributed by atoms with Gasteiger partial charge in [-0.2, -0.15) is 0 Å². The summed E-state index contributed by atoms with van der Waals surface area (Å²) in [6, 6.07) is 5.75. The SMILES string of the molecule is CC(C)Oc1cccc(NCc2nccs2)c1N. The summed E-state index contributed by atoms with van der Waals surface area (Å²) in [5, 5.41) is 6.26. The summed E-state index contributed by atoms with van der Waals surface area (Å²) in [7, 11) is 0. The van der Waals surface area contributed by atoms with E-state index < -0.39 is 0 Å². The number of ether oxygens (including phenoxy) is 1. The summed E-state index contributed by atoms with van der Waals surface area (Å²) in [6.45, 7) is 4.64. The van der Waals surface area contributed by atoms with Crippen LogP contribution in [-0.4, -0.2) is 11.1 Å². The molecule has 2 aromatic rings. The number of rotatable bonds is 5. The molecular formula is C13H17N3OS. The first-order chi connectivity index (χ1) is 8.66. The van der Waals surface area contributed by atoms with E-state index in [1.165, 1.54) is 0 Å². The van der Waals surface area contributed by atoms with Crippen molar-refractivity contribution in [1.82, 2.24) is 4.98 Å². The largest absolute Gasteiger partial charge is 0.489 e. The second kappa shape index (κ2) is 5.73. The summed E-state index contributed by atoms with van der Waals surface area (Å²) in [5.41, 5.74) is 7.59. The molecule has 2 rings (SSSR count). The molecule has 0 atom stereocenters. The molecule has 0 saturated carbocycles. The minimum absolute atomic E-state index is 0.113. The molecule has 0 fully saturated rings. The lowest BCUT2D eigenvalue weighted by Gasteiger charge is -2.15. The summed E-state index contributed by atoms with van der Waals surface area (Å²) in [6.07, 6.45) is 1.91. The number of hydrogen-bond donors (Lipinski definition) is 2. The van der Waals surface area contributed by atoms with Gasteiger partial charge in [0.2, 0.25) is 0 Å². The molecule has 0 radical (unpaired) electrons. The third kappa shape index (κ3) is 3.13. The van der Waals surface area contributed by atoms with E-state index in [9.17, 15) is 0 Å². The van der Waals surface area contributed by atoms with Crippen molar-refractivity contribution >= 4 is 22.7 Å². The molecule has 0 bridgehead atoms. The fourth-order valence-electron chi connectivity index (χ4n) is 1.57. The summed E-state index contributed by atoms with van der Waals surface area (Å²) < 4.78 is 5.64. The number of nitrogens with two attached hydrogens (primary N) is 1. The zero-order valence-corrected chi connectivity index (χ0v) is 11.3. The van der Waals surface area contributed by atoms with Crippen molar-refractivity contribution in [2.75, 3.05) is 11.1 Å². The van der Waals surface area contributed by atoms with Crippen molar-refractivity contribution in [3.8, 4) is 5.75 Å². The number of para-hydroxylation sites is 1. The van der Waals surface area contributed by atoms with Gasteiger partial charge >= 0.3 is 0 Å². The first-order valence-corrected chi connectivity index (χ1v) is 6.72. The third-order valence-corrected chi connectivity index (χ3v) is 3.12. The number of hydrogen-bond acceptors (Lipinski definition) is 5. The van der Waals surface area contributed by atoms with E-state index in [-0.39, 0.29) is 6.10 Å². The molecule has 0 saturated heterocycles. The number of nitrogens with zero attached hydrogens (tertiary/aromatic N) is 1. The predicted octanol–water partition coefficient (Wildman–Crippen LogP) is 3.12. The Bertz CT molecular complexity index is 497. The van der Waals surface area contributed by atoms with Crippen LogP contribution >= 0.6 is 11.3 Å². The Kier molecular flexibility index (Phi) is 4.04. The molecule has 1 heterocycles. The Morgan fingerprint density at radius 3 is 2.94 bits per heavy atom. The molecule has 3 N–H and O–H groups in total. The number of nitrogens with one attached hydrogen (secondary N) is 1.